The van der Waals surface area contributed by atoms with Gasteiger partial charge in [-0.3, -0.25) is 9.59 Å². The Balaban J connectivity index is 1.24. The zero-order chi connectivity index (χ0) is 25.6. The SMILES string of the molecule is O=C(CSc1nc2ccc(NC(=O)c3ccccc3F)cc2s1)NC(c1ccccc1)c1ccccc1. The lowest BCUT2D eigenvalue weighted by atomic mass is 9.99. The van der Waals surface area contributed by atoms with Gasteiger partial charge < -0.3 is 10.6 Å². The van der Waals surface area contributed by atoms with Gasteiger partial charge in [-0.15, -0.1) is 11.3 Å². The minimum atomic E-state index is -0.572. The van der Waals surface area contributed by atoms with Gasteiger partial charge in [0.15, 0.2) is 4.34 Å². The third-order valence-electron chi connectivity index (χ3n) is 5.64. The van der Waals surface area contributed by atoms with Crippen LogP contribution in [0.15, 0.2) is 107 Å². The van der Waals surface area contributed by atoms with E-state index < -0.39 is 11.7 Å². The quantitative estimate of drug-likeness (QED) is 0.221. The topological polar surface area (TPSA) is 71.1 Å². The van der Waals surface area contributed by atoms with Gasteiger partial charge in [-0.1, -0.05) is 84.6 Å². The highest BCUT2D eigenvalue weighted by molar-refractivity contribution is 8.01. The normalized spacial score (nSPS) is 11.0. The Hall–Kier alpha value is -4.01. The van der Waals surface area contributed by atoms with Crippen LogP contribution in [0.2, 0.25) is 0 Å². The fourth-order valence-electron chi connectivity index (χ4n) is 3.87. The standard InChI is InChI=1S/C29H22FN3O2S2/c30-23-14-8-7-13-22(23)28(35)31-21-15-16-24-25(17-21)37-29(32-24)36-18-26(34)33-27(19-9-3-1-4-10-19)20-11-5-2-6-12-20/h1-17,27H,18H2,(H,31,35)(H,33,34). The summed E-state index contributed by atoms with van der Waals surface area (Å²) in [6.07, 6.45) is 0. The molecular weight excluding hydrogens is 505 g/mol. The summed E-state index contributed by atoms with van der Waals surface area (Å²) in [5.41, 5.74) is 3.32. The van der Waals surface area contributed by atoms with Gasteiger partial charge in [0.25, 0.3) is 5.91 Å². The maximum Gasteiger partial charge on any atom is 0.258 e. The average Bonchev–Trinajstić information content (AvgIpc) is 3.34. The minimum absolute atomic E-state index is 0.0153. The third-order valence-corrected chi connectivity index (χ3v) is 7.80. The molecule has 1 aromatic heterocycles. The lowest BCUT2D eigenvalue weighted by Crippen LogP contribution is -2.30. The monoisotopic (exact) mass is 527 g/mol. The maximum atomic E-state index is 13.9. The largest absolute Gasteiger partial charge is 0.344 e. The summed E-state index contributed by atoms with van der Waals surface area (Å²) in [5, 5.41) is 5.88. The average molecular weight is 528 g/mol. The number of thiazole rings is 1. The Bertz CT molecular complexity index is 1500. The van der Waals surface area contributed by atoms with Crippen LogP contribution in [0.5, 0.6) is 0 Å². The molecule has 0 saturated heterocycles. The van der Waals surface area contributed by atoms with Gasteiger partial charge in [-0.2, -0.15) is 0 Å². The first kappa shape index (κ1) is 24.7. The molecule has 0 aliphatic rings. The van der Waals surface area contributed by atoms with Crippen LogP contribution in [-0.4, -0.2) is 22.6 Å². The molecule has 184 valence electrons. The van der Waals surface area contributed by atoms with Gasteiger partial charge in [-0.05, 0) is 41.5 Å². The highest BCUT2D eigenvalue weighted by Crippen LogP contribution is 2.32. The van der Waals surface area contributed by atoms with Crippen molar-refractivity contribution in [3.8, 4) is 0 Å². The highest BCUT2D eigenvalue weighted by Gasteiger charge is 2.18. The van der Waals surface area contributed by atoms with Crippen molar-refractivity contribution >= 4 is 50.8 Å². The van der Waals surface area contributed by atoms with Crippen LogP contribution in [0.1, 0.15) is 27.5 Å². The van der Waals surface area contributed by atoms with E-state index in [9.17, 15) is 14.0 Å². The Kier molecular flexibility index (Phi) is 7.58. The van der Waals surface area contributed by atoms with E-state index in [4.69, 9.17) is 0 Å². The molecule has 1 heterocycles. The minimum Gasteiger partial charge on any atom is -0.344 e. The van der Waals surface area contributed by atoms with Crippen molar-refractivity contribution in [2.75, 3.05) is 11.1 Å². The molecule has 0 fully saturated rings. The predicted octanol–water partition coefficient (Wildman–Crippen LogP) is 6.69. The van der Waals surface area contributed by atoms with Crippen LogP contribution in [-0.2, 0) is 4.79 Å². The maximum absolute atomic E-state index is 13.9. The molecule has 4 aromatic carbocycles. The zero-order valence-corrected chi connectivity index (χ0v) is 21.2. The summed E-state index contributed by atoms with van der Waals surface area (Å²) < 4.78 is 15.5. The van der Waals surface area contributed by atoms with Crippen molar-refractivity contribution in [1.29, 1.82) is 0 Å². The van der Waals surface area contributed by atoms with E-state index in [1.807, 2.05) is 60.7 Å². The van der Waals surface area contributed by atoms with Gasteiger partial charge in [-0.25, -0.2) is 9.37 Å². The number of aromatic nitrogens is 1. The van der Waals surface area contributed by atoms with E-state index in [1.54, 1.807) is 30.3 Å². The molecule has 5 rings (SSSR count). The van der Waals surface area contributed by atoms with Gasteiger partial charge in [0.2, 0.25) is 5.91 Å². The molecule has 0 spiro atoms. The number of hydrogen-bond donors (Lipinski definition) is 2. The van der Waals surface area contributed by atoms with Crippen LogP contribution in [0.3, 0.4) is 0 Å². The van der Waals surface area contributed by atoms with Gasteiger partial charge >= 0.3 is 0 Å². The number of thioether (sulfide) groups is 1. The number of nitrogens with one attached hydrogen (secondary N) is 2. The molecule has 2 N–H and O–H groups in total. The van der Waals surface area contributed by atoms with E-state index in [1.165, 1.54) is 35.2 Å². The lowest BCUT2D eigenvalue weighted by Gasteiger charge is -2.19. The van der Waals surface area contributed by atoms with Crippen LogP contribution < -0.4 is 10.6 Å². The second kappa shape index (κ2) is 11.4. The van der Waals surface area contributed by atoms with Crippen LogP contribution in [0.25, 0.3) is 10.2 Å². The Morgan fingerprint density at radius 2 is 1.51 bits per heavy atom. The summed E-state index contributed by atoms with van der Waals surface area (Å²) in [6.45, 7) is 0. The number of fused-ring (bicyclic) bond motifs is 1. The molecule has 0 bridgehead atoms. The summed E-state index contributed by atoms with van der Waals surface area (Å²) in [7, 11) is 0. The van der Waals surface area contributed by atoms with Gasteiger partial charge in [0.1, 0.15) is 5.82 Å². The number of nitrogens with zero attached hydrogens (tertiary/aromatic N) is 1. The second-order valence-corrected chi connectivity index (χ2v) is 10.5. The molecule has 2 amide bonds. The number of hydrogen-bond acceptors (Lipinski definition) is 5. The predicted molar refractivity (Wildman–Crippen MR) is 148 cm³/mol. The van der Waals surface area contributed by atoms with Crippen molar-refractivity contribution in [3.05, 3.63) is 126 Å². The molecule has 0 radical (unpaired) electrons. The number of anilines is 1. The summed E-state index contributed by atoms with van der Waals surface area (Å²) in [5.74, 6) is -0.968. The molecule has 8 heteroatoms. The summed E-state index contributed by atoms with van der Waals surface area (Å²) in [6, 6.07) is 30.7. The van der Waals surface area contributed by atoms with Crippen molar-refractivity contribution in [3.63, 3.8) is 0 Å². The van der Waals surface area contributed by atoms with E-state index in [2.05, 4.69) is 15.6 Å². The fourth-order valence-corrected chi connectivity index (χ4v) is 5.79. The first-order chi connectivity index (χ1) is 18.1. The first-order valence-electron chi connectivity index (χ1n) is 11.6. The molecule has 5 nitrogen and oxygen atoms in total. The Morgan fingerprint density at radius 3 is 2.19 bits per heavy atom. The van der Waals surface area contributed by atoms with E-state index in [-0.39, 0.29) is 23.3 Å². The Morgan fingerprint density at radius 1 is 0.865 bits per heavy atom. The van der Waals surface area contributed by atoms with Gasteiger partial charge in [0.05, 0.1) is 27.6 Å². The smallest absolute Gasteiger partial charge is 0.258 e. The van der Waals surface area contributed by atoms with Crippen LogP contribution >= 0.6 is 23.1 Å². The first-order valence-corrected chi connectivity index (χ1v) is 13.4. The van der Waals surface area contributed by atoms with Crippen LogP contribution in [0.4, 0.5) is 10.1 Å². The number of benzene rings is 4. The van der Waals surface area contributed by atoms with E-state index in [0.29, 0.717) is 5.69 Å². The van der Waals surface area contributed by atoms with E-state index >= 15 is 0 Å². The molecule has 0 aliphatic heterocycles. The molecular formula is C29H22FN3O2S2. The molecule has 0 saturated carbocycles. The molecule has 0 unspecified atom stereocenters. The molecule has 37 heavy (non-hydrogen) atoms. The molecule has 0 atom stereocenters. The lowest BCUT2D eigenvalue weighted by molar-refractivity contribution is -0.119. The number of carbonyl (C=O) groups excluding carboxylic acids is 2. The Labute approximate surface area is 221 Å². The van der Waals surface area contributed by atoms with Crippen molar-refractivity contribution in [2.24, 2.45) is 0 Å². The highest BCUT2D eigenvalue weighted by atomic mass is 32.2. The number of carbonyl (C=O) groups is 2. The van der Waals surface area contributed by atoms with Crippen molar-refractivity contribution in [1.82, 2.24) is 10.3 Å². The molecule has 5 aromatic rings. The summed E-state index contributed by atoms with van der Waals surface area (Å²) >= 11 is 2.80. The number of amides is 2. The molecule has 0 aliphatic carbocycles. The number of halogens is 1. The van der Waals surface area contributed by atoms with E-state index in [0.717, 1.165) is 25.7 Å². The van der Waals surface area contributed by atoms with Crippen LogP contribution in [0, 0.1) is 5.82 Å². The summed E-state index contributed by atoms with van der Waals surface area (Å²) in [4.78, 5) is 29.9. The van der Waals surface area contributed by atoms with Crippen molar-refractivity contribution < 1.29 is 14.0 Å². The third kappa shape index (κ3) is 6.04. The number of rotatable bonds is 8. The van der Waals surface area contributed by atoms with Gasteiger partial charge in [0, 0.05) is 5.69 Å². The second-order valence-electron chi connectivity index (χ2n) is 8.21. The van der Waals surface area contributed by atoms with Crippen molar-refractivity contribution in [2.45, 2.75) is 10.4 Å². The fraction of sp³-hybridized carbons (Fsp3) is 0.0690. The zero-order valence-electron chi connectivity index (χ0n) is 19.6.